The van der Waals surface area contributed by atoms with E-state index in [1.54, 1.807) is 0 Å². The summed E-state index contributed by atoms with van der Waals surface area (Å²) in [6.45, 7) is 3.94. The van der Waals surface area contributed by atoms with Crippen LogP contribution in [0.15, 0.2) is 24.3 Å². The molecule has 1 unspecified atom stereocenters. The number of aliphatic hydroxyl groups excluding tert-OH is 1. The van der Waals surface area contributed by atoms with Crippen LogP contribution in [0.25, 0.3) is 10.2 Å². The summed E-state index contributed by atoms with van der Waals surface area (Å²) < 4.78 is 1.04. The molecule has 108 valence electrons. The highest BCUT2D eigenvalue weighted by Gasteiger charge is 2.23. The first-order chi connectivity index (χ1) is 9.56. The molecule has 1 atom stereocenters. The molecule has 20 heavy (non-hydrogen) atoms. The van der Waals surface area contributed by atoms with E-state index in [1.807, 2.05) is 38.1 Å². The van der Waals surface area contributed by atoms with Gasteiger partial charge in [0.05, 0.1) is 10.2 Å². The van der Waals surface area contributed by atoms with Crippen molar-refractivity contribution in [3.8, 4) is 0 Å². The number of carbonyl (C=O) groups is 1. The molecule has 2 amide bonds. The summed E-state index contributed by atoms with van der Waals surface area (Å²) in [7, 11) is 0. The number of para-hydroxylation sites is 1. The van der Waals surface area contributed by atoms with E-state index in [1.165, 1.54) is 11.3 Å². The zero-order valence-electron chi connectivity index (χ0n) is 11.6. The number of anilines is 1. The summed E-state index contributed by atoms with van der Waals surface area (Å²) >= 11 is 1.44. The number of rotatable bonds is 5. The molecule has 1 aromatic carbocycles. The number of nitrogens with zero attached hydrogens (tertiary/aromatic N) is 1. The Morgan fingerprint density at radius 1 is 1.45 bits per heavy atom. The van der Waals surface area contributed by atoms with Gasteiger partial charge in [0, 0.05) is 12.1 Å². The minimum Gasteiger partial charge on any atom is -0.396 e. The van der Waals surface area contributed by atoms with Gasteiger partial charge in [0.1, 0.15) is 0 Å². The van der Waals surface area contributed by atoms with Gasteiger partial charge in [-0.1, -0.05) is 30.4 Å². The van der Waals surface area contributed by atoms with Crippen LogP contribution >= 0.6 is 11.3 Å². The lowest BCUT2D eigenvalue weighted by Gasteiger charge is -2.28. The minimum atomic E-state index is -0.407. The second-order valence-electron chi connectivity index (χ2n) is 4.95. The van der Waals surface area contributed by atoms with Crippen molar-refractivity contribution in [2.24, 2.45) is 0 Å². The number of fused-ring (bicyclic) bond motifs is 1. The second kappa shape index (κ2) is 6.19. The van der Waals surface area contributed by atoms with Crippen LogP contribution in [0.2, 0.25) is 0 Å². The lowest BCUT2D eigenvalue weighted by molar-refractivity contribution is 0.208. The maximum Gasteiger partial charge on any atom is 0.321 e. The zero-order chi connectivity index (χ0) is 14.6. The molecule has 2 rings (SSSR count). The first-order valence-corrected chi connectivity index (χ1v) is 7.43. The highest BCUT2D eigenvalue weighted by Crippen LogP contribution is 2.25. The van der Waals surface area contributed by atoms with E-state index < -0.39 is 5.54 Å². The predicted octanol–water partition coefficient (Wildman–Crippen LogP) is 2.97. The quantitative estimate of drug-likeness (QED) is 0.793. The average molecular weight is 293 g/mol. The van der Waals surface area contributed by atoms with E-state index in [0.717, 1.165) is 16.6 Å². The molecule has 1 aromatic heterocycles. The molecule has 2 aromatic rings. The molecule has 5 nitrogen and oxygen atoms in total. The Hall–Kier alpha value is -1.66. The first kappa shape index (κ1) is 14.7. The van der Waals surface area contributed by atoms with Crippen molar-refractivity contribution in [2.75, 3.05) is 11.9 Å². The Balaban J connectivity index is 2.03. The molecule has 0 bridgehead atoms. The van der Waals surface area contributed by atoms with Crippen molar-refractivity contribution in [3.05, 3.63) is 24.3 Å². The van der Waals surface area contributed by atoms with Gasteiger partial charge in [0.25, 0.3) is 0 Å². The third-order valence-corrected chi connectivity index (χ3v) is 4.33. The maximum atomic E-state index is 12.0. The number of hydrogen-bond acceptors (Lipinski definition) is 4. The van der Waals surface area contributed by atoms with Crippen LogP contribution in [0, 0.1) is 0 Å². The van der Waals surface area contributed by atoms with E-state index in [-0.39, 0.29) is 12.6 Å². The van der Waals surface area contributed by atoms with Gasteiger partial charge >= 0.3 is 6.03 Å². The zero-order valence-corrected chi connectivity index (χ0v) is 12.5. The van der Waals surface area contributed by atoms with E-state index in [9.17, 15) is 4.79 Å². The number of urea groups is 1. The van der Waals surface area contributed by atoms with Gasteiger partial charge in [-0.15, -0.1) is 0 Å². The lowest BCUT2D eigenvalue weighted by atomic mass is 9.95. The number of thiazole rings is 1. The highest BCUT2D eigenvalue weighted by molar-refractivity contribution is 7.22. The van der Waals surface area contributed by atoms with E-state index >= 15 is 0 Å². The molecule has 0 aliphatic carbocycles. The molecule has 0 saturated heterocycles. The van der Waals surface area contributed by atoms with Gasteiger partial charge in [0.15, 0.2) is 5.13 Å². The van der Waals surface area contributed by atoms with Crippen LogP contribution in [0.3, 0.4) is 0 Å². The number of aliphatic hydroxyl groups is 1. The third-order valence-electron chi connectivity index (χ3n) is 3.37. The number of nitrogens with one attached hydrogen (secondary N) is 2. The topological polar surface area (TPSA) is 74.2 Å². The van der Waals surface area contributed by atoms with Gasteiger partial charge in [0.2, 0.25) is 0 Å². The minimum absolute atomic E-state index is 0.0474. The van der Waals surface area contributed by atoms with Crippen LogP contribution in [0.1, 0.15) is 26.7 Å². The molecule has 6 heteroatoms. The molecule has 0 radical (unpaired) electrons. The van der Waals surface area contributed by atoms with E-state index in [0.29, 0.717) is 11.6 Å². The lowest BCUT2D eigenvalue weighted by Crippen LogP contribution is -2.48. The summed E-state index contributed by atoms with van der Waals surface area (Å²) in [6.07, 6.45) is 1.28. The molecule has 0 aliphatic heterocycles. The van der Waals surface area contributed by atoms with Crippen molar-refractivity contribution in [1.29, 1.82) is 0 Å². The van der Waals surface area contributed by atoms with Crippen molar-refractivity contribution >= 4 is 32.7 Å². The van der Waals surface area contributed by atoms with Gasteiger partial charge in [-0.3, -0.25) is 5.32 Å². The molecule has 1 heterocycles. The van der Waals surface area contributed by atoms with Crippen molar-refractivity contribution in [3.63, 3.8) is 0 Å². The Kier molecular flexibility index (Phi) is 4.57. The smallest absolute Gasteiger partial charge is 0.321 e. The van der Waals surface area contributed by atoms with Crippen molar-refractivity contribution < 1.29 is 9.90 Å². The van der Waals surface area contributed by atoms with Gasteiger partial charge in [-0.25, -0.2) is 9.78 Å². The van der Waals surface area contributed by atoms with Crippen LogP contribution in [0.5, 0.6) is 0 Å². The maximum absolute atomic E-state index is 12.0. The third kappa shape index (κ3) is 3.46. The number of benzene rings is 1. The summed E-state index contributed by atoms with van der Waals surface area (Å²) in [5.74, 6) is 0. The van der Waals surface area contributed by atoms with Crippen LogP contribution in [-0.2, 0) is 0 Å². The van der Waals surface area contributed by atoms with Crippen LogP contribution < -0.4 is 10.6 Å². The van der Waals surface area contributed by atoms with Gasteiger partial charge in [-0.05, 0) is 31.9 Å². The predicted molar refractivity (Wildman–Crippen MR) is 82.2 cm³/mol. The molecule has 0 spiro atoms. The number of carbonyl (C=O) groups excluding carboxylic acids is 1. The summed E-state index contributed by atoms with van der Waals surface area (Å²) in [5, 5.41) is 15.3. The first-order valence-electron chi connectivity index (χ1n) is 6.62. The molecule has 0 fully saturated rings. The normalized spacial score (nSPS) is 13.9. The molecular formula is C14H19N3O2S. The highest BCUT2D eigenvalue weighted by atomic mass is 32.1. The monoisotopic (exact) mass is 293 g/mol. The van der Waals surface area contributed by atoms with E-state index in [2.05, 4.69) is 15.6 Å². The van der Waals surface area contributed by atoms with Crippen LogP contribution in [-0.4, -0.2) is 28.3 Å². The number of aromatic nitrogens is 1. The fourth-order valence-corrected chi connectivity index (χ4v) is 2.76. The van der Waals surface area contributed by atoms with Crippen LogP contribution in [0.4, 0.5) is 9.93 Å². The standard InChI is InChI=1S/C14H19N3O2S/c1-3-14(2,8-9-18)17-12(19)16-13-15-10-6-4-5-7-11(10)20-13/h4-7,18H,3,8-9H2,1-2H3,(H2,15,16,17,19). The van der Waals surface area contributed by atoms with E-state index in [4.69, 9.17) is 5.11 Å². The number of amides is 2. The Labute approximate surface area is 122 Å². The Bertz CT molecular complexity index is 566. The fraction of sp³-hybridized carbons (Fsp3) is 0.429. The van der Waals surface area contributed by atoms with Gasteiger partial charge in [-0.2, -0.15) is 0 Å². The molecular weight excluding hydrogens is 274 g/mol. The van der Waals surface area contributed by atoms with Crippen molar-refractivity contribution in [1.82, 2.24) is 10.3 Å². The summed E-state index contributed by atoms with van der Waals surface area (Å²) in [5.41, 5.74) is 0.469. The molecule has 0 aliphatic rings. The number of hydrogen-bond donors (Lipinski definition) is 3. The summed E-state index contributed by atoms with van der Waals surface area (Å²) in [4.78, 5) is 16.4. The molecule has 3 N–H and O–H groups in total. The second-order valence-corrected chi connectivity index (χ2v) is 5.98. The molecule has 0 saturated carbocycles. The fourth-order valence-electron chi connectivity index (χ4n) is 1.90. The summed E-state index contributed by atoms with van der Waals surface area (Å²) in [6, 6.07) is 7.46. The average Bonchev–Trinajstić information content (AvgIpc) is 2.80. The largest absolute Gasteiger partial charge is 0.396 e. The van der Waals surface area contributed by atoms with Gasteiger partial charge < -0.3 is 10.4 Å². The Morgan fingerprint density at radius 3 is 2.85 bits per heavy atom. The SMILES string of the molecule is CCC(C)(CCO)NC(=O)Nc1nc2ccccc2s1. The van der Waals surface area contributed by atoms with Crippen molar-refractivity contribution in [2.45, 2.75) is 32.2 Å². The Morgan fingerprint density at radius 2 is 2.20 bits per heavy atom.